The molecule has 0 saturated heterocycles. The van der Waals surface area contributed by atoms with Crippen molar-refractivity contribution >= 4 is 17.5 Å². The molecule has 1 aliphatic rings. The second-order valence-electron chi connectivity index (χ2n) is 6.28. The van der Waals surface area contributed by atoms with Crippen molar-refractivity contribution in [2.24, 2.45) is 0 Å². The molecule has 0 aliphatic carbocycles. The summed E-state index contributed by atoms with van der Waals surface area (Å²) in [4.78, 5) is 23.2. The quantitative estimate of drug-likeness (QED) is 0.687. The van der Waals surface area contributed by atoms with E-state index >= 15 is 0 Å². The van der Waals surface area contributed by atoms with Crippen LogP contribution in [0.5, 0.6) is 0 Å². The molecule has 5 nitrogen and oxygen atoms in total. The zero-order valence-electron chi connectivity index (χ0n) is 13.9. The van der Waals surface area contributed by atoms with Crippen molar-refractivity contribution in [3.05, 3.63) is 29.3 Å². The average molecular weight is 318 g/mol. The van der Waals surface area contributed by atoms with Gasteiger partial charge in [-0.05, 0) is 42.9 Å². The molecule has 5 heteroatoms. The third kappa shape index (κ3) is 4.79. The largest absolute Gasteiger partial charge is 0.388 e. The number of amides is 2. The van der Waals surface area contributed by atoms with Crippen LogP contribution in [0.4, 0.5) is 5.69 Å². The summed E-state index contributed by atoms with van der Waals surface area (Å²) in [5, 5.41) is 15.8. The van der Waals surface area contributed by atoms with Gasteiger partial charge in [-0.1, -0.05) is 26.0 Å². The van der Waals surface area contributed by atoms with Gasteiger partial charge in [-0.2, -0.15) is 0 Å². The van der Waals surface area contributed by atoms with Crippen LogP contribution in [0.1, 0.15) is 50.7 Å². The highest BCUT2D eigenvalue weighted by Crippen LogP contribution is 2.24. The van der Waals surface area contributed by atoms with Gasteiger partial charge in [0.15, 0.2) is 0 Å². The highest BCUT2D eigenvalue weighted by Gasteiger charge is 2.22. The van der Waals surface area contributed by atoms with Crippen LogP contribution in [0, 0.1) is 0 Å². The molecule has 0 radical (unpaired) electrons. The molecule has 0 aromatic heterocycles. The van der Waals surface area contributed by atoms with Gasteiger partial charge in [-0.25, -0.2) is 0 Å². The van der Waals surface area contributed by atoms with Gasteiger partial charge in [0.25, 0.3) is 0 Å². The van der Waals surface area contributed by atoms with Gasteiger partial charge in [0.2, 0.25) is 11.8 Å². The van der Waals surface area contributed by atoms with Crippen molar-refractivity contribution in [3.63, 3.8) is 0 Å². The molecule has 1 aliphatic heterocycles. The lowest BCUT2D eigenvalue weighted by Crippen LogP contribution is -2.41. The first-order chi connectivity index (χ1) is 11.0. The van der Waals surface area contributed by atoms with Gasteiger partial charge in [-0.3, -0.25) is 9.59 Å². The highest BCUT2D eigenvalue weighted by atomic mass is 16.3. The first-order valence-electron chi connectivity index (χ1n) is 8.36. The van der Waals surface area contributed by atoms with Crippen LogP contribution in [0.2, 0.25) is 0 Å². The molecule has 23 heavy (non-hydrogen) atoms. The van der Waals surface area contributed by atoms with Crippen molar-refractivity contribution in [2.45, 2.75) is 58.0 Å². The Hall–Kier alpha value is -1.88. The number of carbonyl (C=O) groups is 2. The van der Waals surface area contributed by atoms with Crippen LogP contribution < -0.4 is 10.6 Å². The van der Waals surface area contributed by atoms with Crippen LogP contribution in [0.25, 0.3) is 0 Å². The lowest BCUT2D eigenvalue weighted by atomic mass is 9.97. The highest BCUT2D eigenvalue weighted by molar-refractivity contribution is 5.99. The Bertz CT molecular complexity index is 580. The fourth-order valence-corrected chi connectivity index (χ4v) is 2.74. The fourth-order valence-electron chi connectivity index (χ4n) is 2.74. The second kappa shape index (κ2) is 7.59. The molecule has 3 N–H and O–H groups in total. The van der Waals surface area contributed by atoms with E-state index < -0.39 is 5.60 Å². The number of anilines is 1. The average Bonchev–Trinajstić information content (AvgIpc) is 2.92. The van der Waals surface area contributed by atoms with Crippen molar-refractivity contribution in [1.82, 2.24) is 5.32 Å². The van der Waals surface area contributed by atoms with Crippen LogP contribution in [-0.4, -0.2) is 29.1 Å². The van der Waals surface area contributed by atoms with Gasteiger partial charge in [0.1, 0.15) is 0 Å². The van der Waals surface area contributed by atoms with E-state index in [-0.39, 0.29) is 11.8 Å². The van der Waals surface area contributed by atoms with Crippen molar-refractivity contribution in [2.75, 3.05) is 11.9 Å². The summed E-state index contributed by atoms with van der Waals surface area (Å²) < 4.78 is 0. The van der Waals surface area contributed by atoms with Gasteiger partial charge < -0.3 is 15.7 Å². The molecule has 1 aromatic carbocycles. The van der Waals surface area contributed by atoms with Gasteiger partial charge >= 0.3 is 0 Å². The summed E-state index contributed by atoms with van der Waals surface area (Å²) in [7, 11) is 0. The Balaban J connectivity index is 1.74. The lowest BCUT2D eigenvalue weighted by Gasteiger charge is -2.25. The molecule has 2 amide bonds. The SMILES string of the molecule is CCC(O)(CC)CNC(=O)CCCc1ccc2c(c1)CC(=O)N2. The number of fused-ring (bicyclic) bond motifs is 1. The van der Waals surface area contributed by atoms with Crippen LogP contribution in [-0.2, 0) is 22.4 Å². The maximum Gasteiger partial charge on any atom is 0.228 e. The molecule has 126 valence electrons. The number of carbonyl (C=O) groups excluding carboxylic acids is 2. The Labute approximate surface area is 137 Å². The van der Waals surface area contributed by atoms with Crippen molar-refractivity contribution in [3.8, 4) is 0 Å². The molecule has 1 aromatic rings. The minimum atomic E-state index is -0.796. The summed E-state index contributed by atoms with van der Waals surface area (Å²) in [6.45, 7) is 4.15. The molecular formula is C18H26N2O3. The zero-order chi connectivity index (χ0) is 16.9. The summed E-state index contributed by atoms with van der Waals surface area (Å²) >= 11 is 0. The molecule has 1 heterocycles. The van der Waals surface area contributed by atoms with E-state index in [1.165, 1.54) is 0 Å². The molecule has 2 rings (SSSR count). The maximum atomic E-state index is 11.9. The van der Waals surface area contributed by atoms with E-state index in [1.54, 1.807) is 0 Å². The molecule has 0 spiro atoms. The van der Waals surface area contributed by atoms with Crippen LogP contribution in [0.3, 0.4) is 0 Å². The minimum Gasteiger partial charge on any atom is -0.388 e. The van der Waals surface area contributed by atoms with Gasteiger partial charge in [0, 0.05) is 18.7 Å². The number of rotatable bonds is 8. The Morgan fingerprint density at radius 2 is 2.09 bits per heavy atom. The molecule has 0 fully saturated rings. The maximum absolute atomic E-state index is 11.9. The van der Waals surface area contributed by atoms with E-state index in [9.17, 15) is 14.7 Å². The zero-order valence-corrected chi connectivity index (χ0v) is 13.9. The van der Waals surface area contributed by atoms with E-state index in [2.05, 4.69) is 10.6 Å². The minimum absolute atomic E-state index is 0.0247. The predicted octanol–water partition coefficient (Wildman–Crippen LogP) is 2.17. The first kappa shape index (κ1) is 17.5. The fraction of sp³-hybridized carbons (Fsp3) is 0.556. The summed E-state index contributed by atoms with van der Waals surface area (Å²) in [6, 6.07) is 5.96. The standard InChI is InChI=1S/C18H26N2O3/c1-3-18(23,4-2)12-19-16(21)7-5-6-13-8-9-15-14(10-13)11-17(22)20-15/h8-10,23H,3-7,11-12H2,1-2H3,(H,19,21)(H,20,22). The lowest BCUT2D eigenvalue weighted by molar-refractivity contribution is -0.122. The number of nitrogens with one attached hydrogen (secondary N) is 2. The Morgan fingerprint density at radius 3 is 2.78 bits per heavy atom. The number of benzene rings is 1. The van der Waals surface area contributed by atoms with E-state index in [0.29, 0.717) is 32.2 Å². The molecule has 0 atom stereocenters. The van der Waals surface area contributed by atoms with E-state index in [1.807, 2.05) is 32.0 Å². The van der Waals surface area contributed by atoms with Gasteiger partial charge in [0.05, 0.1) is 12.0 Å². The summed E-state index contributed by atoms with van der Waals surface area (Å²) in [6.07, 6.45) is 3.70. The summed E-state index contributed by atoms with van der Waals surface area (Å²) in [5.74, 6) is 0.0131. The van der Waals surface area contributed by atoms with Crippen molar-refractivity contribution < 1.29 is 14.7 Å². The van der Waals surface area contributed by atoms with Crippen LogP contribution in [0.15, 0.2) is 18.2 Å². The molecule has 0 bridgehead atoms. The topological polar surface area (TPSA) is 78.4 Å². The third-order valence-corrected chi connectivity index (χ3v) is 4.59. The molecular weight excluding hydrogens is 292 g/mol. The Morgan fingerprint density at radius 1 is 1.35 bits per heavy atom. The first-order valence-corrected chi connectivity index (χ1v) is 8.36. The monoisotopic (exact) mass is 318 g/mol. The number of aryl methyl sites for hydroxylation is 1. The Kier molecular flexibility index (Phi) is 5.77. The van der Waals surface area contributed by atoms with Crippen LogP contribution >= 0.6 is 0 Å². The summed E-state index contributed by atoms with van der Waals surface area (Å²) in [5.41, 5.74) is 2.28. The van der Waals surface area contributed by atoms with E-state index in [4.69, 9.17) is 0 Å². The third-order valence-electron chi connectivity index (χ3n) is 4.59. The van der Waals surface area contributed by atoms with E-state index in [0.717, 1.165) is 29.7 Å². The number of hydrogen-bond donors (Lipinski definition) is 3. The number of aliphatic hydroxyl groups is 1. The molecule has 0 unspecified atom stereocenters. The number of hydrogen-bond acceptors (Lipinski definition) is 3. The normalized spacial score (nSPS) is 13.6. The smallest absolute Gasteiger partial charge is 0.228 e. The predicted molar refractivity (Wildman–Crippen MR) is 90.3 cm³/mol. The van der Waals surface area contributed by atoms with Gasteiger partial charge in [-0.15, -0.1) is 0 Å². The molecule has 0 saturated carbocycles. The second-order valence-corrected chi connectivity index (χ2v) is 6.28. The van der Waals surface area contributed by atoms with Crippen molar-refractivity contribution in [1.29, 1.82) is 0 Å².